The highest BCUT2D eigenvalue weighted by atomic mass is 16.3. The van der Waals surface area contributed by atoms with E-state index in [1.54, 1.807) is 24.3 Å². The van der Waals surface area contributed by atoms with Gasteiger partial charge in [0.25, 0.3) is 0 Å². The maximum Gasteiger partial charge on any atom is 0.122 e. The van der Waals surface area contributed by atoms with Crippen LogP contribution in [0.25, 0.3) is 12.2 Å². The van der Waals surface area contributed by atoms with Crippen molar-refractivity contribution in [2.24, 2.45) is 0 Å². The van der Waals surface area contributed by atoms with Crippen LogP contribution in [-0.2, 0) is 5.41 Å². The largest absolute Gasteiger partial charge is 0.507 e. The summed E-state index contributed by atoms with van der Waals surface area (Å²) in [6.07, 6.45) is 5.15. The van der Waals surface area contributed by atoms with E-state index in [0.29, 0.717) is 0 Å². The van der Waals surface area contributed by atoms with E-state index in [-0.39, 0.29) is 16.9 Å². The van der Waals surface area contributed by atoms with E-state index in [2.05, 4.69) is 27.0 Å². The molecular formula is C21H24O2. The SMILES string of the molecule is C=Cc1cc(C(CC)(CC)c2ccc(O)c(C=C)c2)ccc1O. The molecule has 2 N–H and O–H groups in total. The van der Waals surface area contributed by atoms with E-state index in [9.17, 15) is 10.2 Å². The van der Waals surface area contributed by atoms with Gasteiger partial charge in [-0.3, -0.25) is 0 Å². The van der Waals surface area contributed by atoms with Crippen LogP contribution in [0.4, 0.5) is 0 Å². The Kier molecular flexibility index (Phi) is 4.95. The van der Waals surface area contributed by atoms with Crippen molar-refractivity contribution in [3.63, 3.8) is 0 Å². The summed E-state index contributed by atoms with van der Waals surface area (Å²) in [6.45, 7) is 11.9. The number of hydrogen-bond acceptors (Lipinski definition) is 2. The normalized spacial score (nSPS) is 11.2. The van der Waals surface area contributed by atoms with E-state index >= 15 is 0 Å². The Morgan fingerprint density at radius 2 is 1.22 bits per heavy atom. The van der Waals surface area contributed by atoms with Gasteiger partial charge in [-0.15, -0.1) is 0 Å². The molecule has 2 aromatic carbocycles. The third-order valence-electron chi connectivity index (χ3n) is 4.81. The third kappa shape index (κ3) is 2.89. The van der Waals surface area contributed by atoms with Crippen molar-refractivity contribution in [1.29, 1.82) is 0 Å². The summed E-state index contributed by atoms with van der Waals surface area (Å²) < 4.78 is 0. The van der Waals surface area contributed by atoms with Crippen LogP contribution in [0, 0.1) is 0 Å². The van der Waals surface area contributed by atoms with Crippen LogP contribution < -0.4 is 0 Å². The molecule has 0 aliphatic rings. The first-order valence-corrected chi connectivity index (χ1v) is 7.94. The van der Waals surface area contributed by atoms with Gasteiger partial charge >= 0.3 is 0 Å². The molecule has 0 amide bonds. The van der Waals surface area contributed by atoms with E-state index in [1.807, 2.05) is 24.3 Å². The summed E-state index contributed by atoms with van der Waals surface area (Å²) in [6, 6.07) is 11.4. The van der Waals surface area contributed by atoms with Crippen molar-refractivity contribution in [2.75, 3.05) is 0 Å². The fourth-order valence-electron chi connectivity index (χ4n) is 3.26. The minimum atomic E-state index is -0.184. The van der Waals surface area contributed by atoms with Crippen LogP contribution in [0.1, 0.15) is 48.9 Å². The summed E-state index contributed by atoms with van der Waals surface area (Å²) in [5.41, 5.74) is 3.55. The Hall–Kier alpha value is -2.48. The molecular weight excluding hydrogens is 284 g/mol. The lowest BCUT2D eigenvalue weighted by Crippen LogP contribution is -2.26. The van der Waals surface area contributed by atoms with E-state index < -0.39 is 0 Å². The second kappa shape index (κ2) is 6.74. The summed E-state index contributed by atoms with van der Waals surface area (Å²) in [7, 11) is 0. The van der Waals surface area contributed by atoms with Crippen molar-refractivity contribution in [1.82, 2.24) is 0 Å². The molecule has 0 unspecified atom stereocenters. The fourth-order valence-corrected chi connectivity index (χ4v) is 3.26. The van der Waals surface area contributed by atoms with Crippen molar-refractivity contribution in [2.45, 2.75) is 32.1 Å². The van der Waals surface area contributed by atoms with Crippen LogP contribution in [-0.4, -0.2) is 10.2 Å². The molecule has 0 saturated heterocycles. The minimum absolute atomic E-state index is 0.184. The maximum absolute atomic E-state index is 9.92. The number of hydrogen-bond donors (Lipinski definition) is 2. The van der Waals surface area contributed by atoms with Crippen molar-refractivity contribution >= 4 is 12.2 Å². The molecule has 2 heteroatoms. The Labute approximate surface area is 138 Å². The summed E-state index contributed by atoms with van der Waals surface area (Å²) in [5, 5.41) is 19.8. The van der Waals surface area contributed by atoms with Crippen molar-refractivity contribution in [3.05, 3.63) is 71.8 Å². The zero-order valence-electron chi connectivity index (χ0n) is 13.8. The average molecular weight is 308 g/mol. The standard InChI is InChI=1S/C21H24O2/c1-5-15-13-17(9-11-19(15)22)21(7-3,8-4)18-10-12-20(23)16(6-2)14-18/h5-6,9-14,22-23H,1-2,7-8H2,3-4H3. The molecule has 0 radical (unpaired) electrons. The molecule has 0 aliphatic carbocycles. The molecule has 0 bridgehead atoms. The van der Waals surface area contributed by atoms with E-state index in [4.69, 9.17) is 0 Å². The minimum Gasteiger partial charge on any atom is -0.507 e. The van der Waals surface area contributed by atoms with Gasteiger partial charge in [0.2, 0.25) is 0 Å². The molecule has 0 aliphatic heterocycles. The average Bonchev–Trinajstić information content (AvgIpc) is 2.58. The summed E-state index contributed by atoms with van der Waals surface area (Å²) >= 11 is 0. The highest BCUT2D eigenvalue weighted by Gasteiger charge is 2.31. The molecule has 0 aromatic heterocycles. The lowest BCUT2D eigenvalue weighted by molar-refractivity contribution is 0.460. The molecule has 2 rings (SSSR count). The number of benzene rings is 2. The fraction of sp³-hybridized carbons (Fsp3) is 0.238. The van der Waals surface area contributed by atoms with Gasteiger partial charge in [0, 0.05) is 16.5 Å². The topological polar surface area (TPSA) is 40.5 Å². The second-order valence-electron chi connectivity index (χ2n) is 5.74. The first-order chi connectivity index (χ1) is 11.0. The smallest absolute Gasteiger partial charge is 0.122 e. The lowest BCUT2D eigenvalue weighted by atomic mass is 9.70. The van der Waals surface area contributed by atoms with Crippen LogP contribution in [0.2, 0.25) is 0 Å². The molecule has 23 heavy (non-hydrogen) atoms. The zero-order chi connectivity index (χ0) is 17.0. The first kappa shape index (κ1) is 16.9. The van der Waals surface area contributed by atoms with Crippen molar-refractivity contribution in [3.8, 4) is 11.5 Å². The molecule has 2 nitrogen and oxygen atoms in total. The van der Waals surface area contributed by atoms with Crippen LogP contribution in [0.15, 0.2) is 49.6 Å². The highest BCUT2D eigenvalue weighted by molar-refractivity contribution is 5.61. The Bertz CT molecular complexity index is 665. The molecule has 120 valence electrons. The van der Waals surface area contributed by atoms with Crippen LogP contribution in [0.5, 0.6) is 11.5 Å². The number of aromatic hydroxyl groups is 2. The number of phenols is 2. The quantitative estimate of drug-likeness (QED) is 0.740. The van der Waals surface area contributed by atoms with Gasteiger partial charge in [-0.1, -0.05) is 51.3 Å². The monoisotopic (exact) mass is 308 g/mol. The van der Waals surface area contributed by atoms with Gasteiger partial charge in [-0.2, -0.15) is 0 Å². The Morgan fingerprint density at radius 3 is 1.52 bits per heavy atom. The van der Waals surface area contributed by atoms with E-state index in [1.165, 1.54) is 0 Å². The third-order valence-corrected chi connectivity index (χ3v) is 4.81. The van der Waals surface area contributed by atoms with E-state index in [0.717, 1.165) is 35.1 Å². The van der Waals surface area contributed by atoms with Crippen LogP contribution >= 0.6 is 0 Å². The van der Waals surface area contributed by atoms with Crippen LogP contribution in [0.3, 0.4) is 0 Å². The van der Waals surface area contributed by atoms with Gasteiger partial charge in [-0.25, -0.2) is 0 Å². The van der Waals surface area contributed by atoms with Gasteiger partial charge in [0.05, 0.1) is 0 Å². The lowest BCUT2D eigenvalue weighted by Gasteiger charge is -2.34. The number of rotatable bonds is 6. The predicted octanol–water partition coefficient (Wildman–Crippen LogP) is 5.49. The molecule has 2 aromatic rings. The summed E-state index contributed by atoms with van der Waals surface area (Å²) in [5.74, 6) is 0.477. The molecule has 0 heterocycles. The molecule has 0 saturated carbocycles. The highest BCUT2D eigenvalue weighted by Crippen LogP contribution is 2.41. The zero-order valence-corrected chi connectivity index (χ0v) is 13.8. The Balaban J connectivity index is 2.68. The van der Waals surface area contributed by atoms with Gasteiger partial charge < -0.3 is 10.2 Å². The molecule has 0 fully saturated rings. The van der Waals surface area contributed by atoms with Gasteiger partial charge in [0.15, 0.2) is 0 Å². The maximum atomic E-state index is 9.92. The second-order valence-corrected chi connectivity index (χ2v) is 5.74. The Morgan fingerprint density at radius 1 is 0.826 bits per heavy atom. The van der Waals surface area contributed by atoms with Crippen molar-refractivity contribution < 1.29 is 10.2 Å². The predicted molar refractivity (Wildman–Crippen MR) is 97.8 cm³/mol. The van der Waals surface area contributed by atoms with Gasteiger partial charge in [0.1, 0.15) is 11.5 Å². The molecule has 0 spiro atoms. The van der Waals surface area contributed by atoms with Gasteiger partial charge in [-0.05, 0) is 48.2 Å². The molecule has 0 atom stereocenters. The number of phenolic OH excluding ortho intramolecular Hbond substituents is 2. The summed E-state index contributed by atoms with van der Waals surface area (Å²) in [4.78, 5) is 0. The first-order valence-electron chi connectivity index (χ1n) is 7.94.